The lowest BCUT2D eigenvalue weighted by molar-refractivity contribution is -0.148. The van der Waals surface area contributed by atoms with Gasteiger partial charge in [0.15, 0.2) is 0 Å². The Morgan fingerprint density at radius 1 is 1.27 bits per heavy atom. The van der Waals surface area contributed by atoms with Crippen molar-refractivity contribution in [3.63, 3.8) is 0 Å². The van der Waals surface area contributed by atoms with Crippen molar-refractivity contribution in [3.05, 3.63) is 27.7 Å². The van der Waals surface area contributed by atoms with Crippen LogP contribution in [0.1, 0.15) is 23.2 Å². The quantitative estimate of drug-likeness (QED) is 0.803. The third kappa shape index (κ3) is 3.51. The predicted molar refractivity (Wildman–Crippen MR) is 86.1 cm³/mol. The fraction of sp³-hybridized carbons (Fsp3) is 0.429. The minimum absolute atomic E-state index is 0.188. The first kappa shape index (κ1) is 17.4. The van der Waals surface area contributed by atoms with Gasteiger partial charge in [-0.15, -0.1) is 11.8 Å². The first-order valence-electron chi connectivity index (χ1n) is 6.56. The first-order valence-corrected chi connectivity index (χ1v) is 8.54. The Morgan fingerprint density at radius 3 is 2.45 bits per heavy atom. The number of halogens is 2. The normalized spacial score (nSPS) is 17.0. The zero-order valence-corrected chi connectivity index (χ0v) is 14.1. The van der Waals surface area contributed by atoms with Crippen LogP contribution in [-0.2, 0) is 9.53 Å². The molecule has 22 heavy (non-hydrogen) atoms. The lowest BCUT2D eigenvalue weighted by Gasteiger charge is -2.34. The van der Waals surface area contributed by atoms with Crippen LogP contribution in [0.15, 0.2) is 17.0 Å². The summed E-state index contributed by atoms with van der Waals surface area (Å²) in [7, 11) is 0. The molecule has 1 aromatic carbocycles. The molecule has 1 aromatic rings. The van der Waals surface area contributed by atoms with Crippen molar-refractivity contribution >= 4 is 46.8 Å². The second-order valence-corrected chi connectivity index (χ2v) is 6.58. The van der Waals surface area contributed by atoms with Crippen molar-refractivity contribution in [2.75, 3.05) is 19.5 Å². The van der Waals surface area contributed by atoms with Crippen LogP contribution in [0.2, 0.25) is 10.0 Å². The van der Waals surface area contributed by atoms with Crippen LogP contribution in [0.3, 0.4) is 0 Å². The van der Waals surface area contributed by atoms with E-state index in [0.29, 0.717) is 9.92 Å². The highest BCUT2D eigenvalue weighted by atomic mass is 35.5. The number of aliphatic carboxylic acids is 1. The minimum atomic E-state index is -1.32. The van der Waals surface area contributed by atoms with Crippen molar-refractivity contribution in [1.29, 1.82) is 0 Å². The zero-order valence-electron chi connectivity index (χ0n) is 11.8. The molecule has 0 aromatic heterocycles. The molecule has 1 aliphatic rings. The molecule has 1 saturated heterocycles. The molecule has 0 bridgehead atoms. The lowest BCUT2D eigenvalue weighted by Crippen LogP contribution is -2.57. The Balaban J connectivity index is 2.29. The number of benzene rings is 1. The van der Waals surface area contributed by atoms with Crippen LogP contribution < -0.4 is 5.32 Å². The molecule has 1 aliphatic heterocycles. The standard InChI is InChI=1S/C14H15Cl2NO4S/c1-22-11-6-8(9(15)7-10(11)16)12(18)17-14(13(19)20)2-4-21-5-3-14/h6-7H,2-5H2,1H3,(H,17,18)(H,19,20). The molecule has 0 aliphatic carbocycles. The van der Waals surface area contributed by atoms with E-state index in [9.17, 15) is 14.7 Å². The number of rotatable bonds is 4. The van der Waals surface area contributed by atoms with Gasteiger partial charge >= 0.3 is 5.97 Å². The molecule has 0 spiro atoms. The maximum absolute atomic E-state index is 12.5. The van der Waals surface area contributed by atoms with Gasteiger partial charge in [-0.2, -0.15) is 0 Å². The predicted octanol–water partition coefficient (Wildman–Crippen LogP) is 3.08. The SMILES string of the molecule is CSc1cc(C(=O)NC2(C(=O)O)CCOCC2)c(Cl)cc1Cl. The number of amides is 1. The monoisotopic (exact) mass is 363 g/mol. The van der Waals surface area contributed by atoms with E-state index in [1.807, 2.05) is 6.26 Å². The maximum Gasteiger partial charge on any atom is 0.329 e. The molecule has 0 unspecified atom stereocenters. The van der Waals surface area contributed by atoms with Crippen LogP contribution in [0, 0.1) is 0 Å². The minimum Gasteiger partial charge on any atom is -0.480 e. The highest BCUT2D eigenvalue weighted by Crippen LogP contribution is 2.32. The molecule has 1 heterocycles. The molecular formula is C14H15Cl2NO4S. The van der Waals surface area contributed by atoms with Gasteiger partial charge in [0.1, 0.15) is 5.54 Å². The summed E-state index contributed by atoms with van der Waals surface area (Å²) < 4.78 is 5.18. The zero-order chi connectivity index (χ0) is 16.3. The molecule has 5 nitrogen and oxygen atoms in total. The van der Waals surface area contributed by atoms with Gasteiger partial charge in [0.25, 0.3) is 5.91 Å². The summed E-state index contributed by atoms with van der Waals surface area (Å²) in [5.41, 5.74) is -1.11. The van der Waals surface area contributed by atoms with Gasteiger partial charge in [-0.1, -0.05) is 23.2 Å². The second kappa shape index (κ2) is 7.08. The van der Waals surface area contributed by atoms with Crippen molar-refractivity contribution < 1.29 is 19.4 Å². The molecule has 120 valence electrons. The number of carbonyl (C=O) groups excluding carboxylic acids is 1. The summed E-state index contributed by atoms with van der Waals surface area (Å²) in [4.78, 5) is 24.7. The number of nitrogens with one attached hydrogen (secondary N) is 1. The molecule has 0 atom stereocenters. The Hall–Kier alpha value is -0.950. The molecule has 1 amide bonds. The van der Waals surface area contributed by atoms with Gasteiger partial charge in [0, 0.05) is 31.0 Å². The number of carboxylic acids is 1. The van der Waals surface area contributed by atoms with E-state index in [2.05, 4.69) is 5.32 Å². The molecule has 0 radical (unpaired) electrons. The fourth-order valence-electron chi connectivity index (χ4n) is 2.26. The molecule has 2 rings (SSSR count). The van der Waals surface area contributed by atoms with E-state index in [1.54, 1.807) is 6.07 Å². The van der Waals surface area contributed by atoms with Gasteiger partial charge in [0.05, 0.1) is 15.6 Å². The van der Waals surface area contributed by atoms with Gasteiger partial charge in [0.2, 0.25) is 0 Å². The van der Waals surface area contributed by atoms with Crippen LogP contribution in [0.25, 0.3) is 0 Å². The van der Waals surface area contributed by atoms with Crippen LogP contribution in [0.5, 0.6) is 0 Å². The van der Waals surface area contributed by atoms with Crippen LogP contribution >= 0.6 is 35.0 Å². The van der Waals surface area contributed by atoms with Gasteiger partial charge in [-0.3, -0.25) is 4.79 Å². The number of ether oxygens (including phenoxy) is 1. The summed E-state index contributed by atoms with van der Waals surface area (Å²) in [6.45, 7) is 0.577. The van der Waals surface area contributed by atoms with E-state index < -0.39 is 17.4 Å². The van der Waals surface area contributed by atoms with Crippen molar-refractivity contribution in [3.8, 4) is 0 Å². The smallest absolute Gasteiger partial charge is 0.329 e. The summed E-state index contributed by atoms with van der Waals surface area (Å²) >= 11 is 13.5. The van der Waals surface area contributed by atoms with E-state index in [1.165, 1.54) is 17.8 Å². The average molecular weight is 364 g/mol. The van der Waals surface area contributed by atoms with Gasteiger partial charge < -0.3 is 15.2 Å². The number of carboxylic acid groups (broad SMARTS) is 1. The van der Waals surface area contributed by atoms with Crippen LogP contribution in [0.4, 0.5) is 0 Å². The molecule has 2 N–H and O–H groups in total. The van der Waals surface area contributed by atoms with E-state index in [0.717, 1.165) is 0 Å². The van der Waals surface area contributed by atoms with E-state index in [4.69, 9.17) is 27.9 Å². The van der Waals surface area contributed by atoms with Crippen molar-refractivity contribution in [1.82, 2.24) is 5.32 Å². The number of hydrogen-bond donors (Lipinski definition) is 2. The summed E-state index contributed by atoms with van der Waals surface area (Å²) in [5.74, 6) is -1.60. The Labute approximate surface area is 142 Å². The summed E-state index contributed by atoms with van der Waals surface area (Å²) in [5, 5.41) is 12.7. The number of thioether (sulfide) groups is 1. The lowest BCUT2D eigenvalue weighted by atomic mass is 9.89. The Kier molecular flexibility index (Phi) is 5.60. The molecule has 1 fully saturated rings. The Morgan fingerprint density at radius 2 is 1.91 bits per heavy atom. The van der Waals surface area contributed by atoms with Crippen molar-refractivity contribution in [2.45, 2.75) is 23.3 Å². The third-order valence-electron chi connectivity index (χ3n) is 3.59. The molecule has 0 saturated carbocycles. The summed E-state index contributed by atoms with van der Waals surface area (Å²) in [6.07, 6.45) is 2.26. The average Bonchev–Trinajstić information content (AvgIpc) is 2.48. The van der Waals surface area contributed by atoms with Gasteiger partial charge in [-0.25, -0.2) is 4.79 Å². The van der Waals surface area contributed by atoms with Crippen LogP contribution in [-0.4, -0.2) is 42.0 Å². The largest absolute Gasteiger partial charge is 0.480 e. The van der Waals surface area contributed by atoms with E-state index in [-0.39, 0.29) is 36.6 Å². The third-order valence-corrected chi connectivity index (χ3v) is 5.11. The first-order chi connectivity index (χ1) is 10.4. The highest BCUT2D eigenvalue weighted by molar-refractivity contribution is 7.98. The molecular weight excluding hydrogens is 349 g/mol. The topological polar surface area (TPSA) is 75.6 Å². The molecule has 8 heteroatoms. The van der Waals surface area contributed by atoms with Gasteiger partial charge in [-0.05, 0) is 18.4 Å². The Bertz CT molecular complexity index is 603. The van der Waals surface area contributed by atoms with Crippen molar-refractivity contribution in [2.24, 2.45) is 0 Å². The fourth-order valence-corrected chi connectivity index (χ4v) is 3.45. The highest BCUT2D eigenvalue weighted by Gasteiger charge is 2.42. The van der Waals surface area contributed by atoms with E-state index >= 15 is 0 Å². The maximum atomic E-state index is 12.5. The summed E-state index contributed by atoms with van der Waals surface area (Å²) in [6, 6.07) is 3.06. The second-order valence-electron chi connectivity index (χ2n) is 4.92. The number of carbonyl (C=O) groups is 2. The number of hydrogen-bond acceptors (Lipinski definition) is 4.